The van der Waals surface area contributed by atoms with Crippen molar-refractivity contribution in [3.63, 3.8) is 0 Å². The van der Waals surface area contributed by atoms with E-state index in [2.05, 4.69) is 45.9 Å². The molecule has 0 aliphatic carbocycles. The number of anilines is 1. The summed E-state index contributed by atoms with van der Waals surface area (Å²) in [7, 11) is 1.53. The molecule has 0 atom stereocenters. The Morgan fingerprint density at radius 3 is 2.35 bits per heavy atom. The van der Waals surface area contributed by atoms with Crippen molar-refractivity contribution < 1.29 is 9.47 Å². The van der Waals surface area contributed by atoms with Crippen molar-refractivity contribution in [3.8, 4) is 12.0 Å². The first-order chi connectivity index (χ1) is 9.73. The summed E-state index contributed by atoms with van der Waals surface area (Å²) in [6.07, 6.45) is 0.992. The Bertz CT molecular complexity index is 385. The van der Waals surface area contributed by atoms with Crippen LogP contribution in [-0.2, 0) is 0 Å². The number of ether oxygens (including phenoxy) is 2. The van der Waals surface area contributed by atoms with Crippen molar-refractivity contribution in [1.29, 1.82) is 0 Å². The van der Waals surface area contributed by atoms with Gasteiger partial charge < -0.3 is 19.7 Å². The quantitative estimate of drug-likeness (QED) is 0.696. The maximum atomic E-state index is 5.58. The second-order valence-corrected chi connectivity index (χ2v) is 4.23. The summed E-state index contributed by atoms with van der Waals surface area (Å²) in [5, 5.41) is 3.10. The number of nitrogens with zero attached hydrogens (tertiary/aromatic N) is 4. The van der Waals surface area contributed by atoms with Crippen molar-refractivity contribution in [2.75, 3.05) is 45.2 Å². The van der Waals surface area contributed by atoms with E-state index in [1.807, 2.05) is 0 Å². The van der Waals surface area contributed by atoms with Gasteiger partial charge in [0.2, 0.25) is 5.95 Å². The molecular formula is C13H25N5O2. The maximum absolute atomic E-state index is 5.58. The summed E-state index contributed by atoms with van der Waals surface area (Å²) in [4.78, 5) is 14.7. The van der Waals surface area contributed by atoms with Crippen molar-refractivity contribution in [3.05, 3.63) is 0 Å². The molecule has 0 saturated carbocycles. The van der Waals surface area contributed by atoms with Gasteiger partial charge in [0.25, 0.3) is 0 Å². The monoisotopic (exact) mass is 283 g/mol. The Kier molecular flexibility index (Phi) is 7.64. The maximum Gasteiger partial charge on any atom is 0.324 e. The first-order valence-electron chi connectivity index (χ1n) is 7.12. The van der Waals surface area contributed by atoms with E-state index in [-0.39, 0.29) is 6.01 Å². The van der Waals surface area contributed by atoms with Crippen LogP contribution in [0.2, 0.25) is 0 Å². The fourth-order valence-electron chi connectivity index (χ4n) is 1.62. The van der Waals surface area contributed by atoms with Gasteiger partial charge in [0.15, 0.2) is 0 Å². The molecule has 0 unspecified atom stereocenters. The van der Waals surface area contributed by atoms with Crippen molar-refractivity contribution >= 4 is 5.95 Å². The van der Waals surface area contributed by atoms with Crippen LogP contribution in [0.3, 0.4) is 0 Å². The highest BCUT2D eigenvalue weighted by Gasteiger charge is 2.08. The van der Waals surface area contributed by atoms with Crippen molar-refractivity contribution in [2.24, 2.45) is 0 Å². The van der Waals surface area contributed by atoms with Crippen LogP contribution in [0, 0.1) is 0 Å². The number of aromatic nitrogens is 3. The first-order valence-corrected chi connectivity index (χ1v) is 7.12. The van der Waals surface area contributed by atoms with E-state index in [0.29, 0.717) is 18.6 Å². The zero-order valence-electron chi connectivity index (χ0n) is 12.8. The molecule has 0 aliphatic rings. The number of hydrogen-bond acceptors (Lipinski definition) is 7. The molecule has 0 radical (unpaired) electrons. The second kappa shape index (κ2) is 9.30. The van der Waals surface area contributed by atoms with Gasteiger partial charge in [-0.15, -0.1) is 4.98 Å². The normalized spacial score (nSPS) is 10.7. The average molecular weight is 283 g/mol. The van der Waals surface area contributed by atoms with Gasteiger partial charge in [0.05, 0.1) is 7.11 Å². The molecular weight excluding hydrogens is 258 g/mol. The Hall–Kier alpha value is -1.63. The molecule has 1 aromatic rings. The number of rotatable bonds is 10. The highest BCUT2D eigenvalue weighted by atomic mass is 16.5. The van der Waals surface area contributed by atoms with Crippen LogP contribution < -0.4 is 14.8 Å². The fourth-order valence-corrected chi connectivity index (χ4v) is 1.62. The Balaban J connectivity index is 2.59. The average Bonchev–Trinajstić information content (AvgIpc) is 2.49. The summed E-state index contributed by atoms with van der Waals surface area (Å²) in [6, 6.07) is 0.555. The number of likely N-dealkylation sites (N-methyl/N-ethyl adjacent to an activating group) is 1. The topological polar surface area (TPSA) is 72.4 Å². The van der Waals surface area contributed by atoms with E-state index in [0.717, 1.165) is 32.6 Å². The first kappa shape index (κ1) is 16.4. The zero-order chi connectivity index (χ0) is 14.8. The Morgan fingerprint density at radius 2 is 1.75 bits per heavy atom. The van der Waals surface area contributed by atoms with E-state index < -0.39 is 0 Å². The lowest BCUT2D eigenvalue weighted by molar-refractivity contribution is 0.210. The molecule has 0 spiro atoms. The van der Waals surface area contributed by atoms with Crippen molar-refractivity contribution in [1.82, 2.24) is 19.9 Å². The minimum atomic E-state index is 0.261. The van der Waals surface area contributed by atoms with Gasteiger partial charge in [-0.25, -0.2) is 0 Å². The summed E-state index contributed by atoms with van der Waals surface area (Å²) in [5.41, 5.74) is 0. The van der Waals surface area contributed by atoms with Crippen LogP contribution in [0.25, 0.3) is 0 Å². The lowest BCUT2D eigenvalue weighted by atomic mass is 10.5. The van der Waals surface area contributed by atoms with Crippen LogP contribution in [0.15, 0.2) is 0 Å². The van der Waals surface area contributed by atoms with E-state index in [9.17, 15) is 0 Å². The van der Waals surface area contributed by atoms with E-state index in [1.165, 1.54) is 7.11 Å². The van der Waals surface area contributed by atoms with Crippen LogP contribution in [-0.4, -0.2) is 59.7 Å². The molecule has 1 N–H and O–H groups in total. The van der Waals surface area contributed by atoms with Crippen LogP contribution in [0.5, 0.6) is 12.0 Å². The predicted molar refractivity (Wildman–Crippen MR) is 78.4 cm³/mol. The Labute approximate surface area is 120 Å². The molecule has 0 aromatic carbocycles. The smallest absolute Gasteiger partial charge is 0.324 e. The predicted octanol–water partition coefficient (Wildman–Crippen LogP) is 1.42. The number of methoxy groups -OCH3 is 1. The minimum absolute atomic E-state index is 0.261. The van der Waals surface area contributed by atoms with Crippen LogP contribution >= 0.6 is 0 Å². The summed E-state index contributed by atoms with van der Waals surface area (Å²) in [6.45, 7) is 10.5. The molecule has 1 aromatic heterocycles. The third kappa shape index (κ3) is 5.56. The van der Waals surface area contributed by atoms with Gasteiger partial charge in [-0.05, 0) is 19.5 Å². The minimum Gasteiger partial charge on any atom is -0.467 e. The van der Waals surface area contributed by atoms with Gasteiger partial charge in [0, 0.05) is 13.1 Å². The summed E-state index contributed by atoms with van der Waals surface area (Å²) >= 11 is 0. The van der Waals surface area contributed by atoms with Gasteiger partial charge in [-0.3, -0.25) is 0 Å². The van der Waals surface area contributed by atoms with Gasteiger partial charge >= 0.3 is 12.0 Å². The van der Waals surface area contributed by atoms with Crippen molar-refractivity contribution in [2.45, 2.75) is 27.2 Å². The standard InChI is InChI=1S/C13H25N5O2/c1-5-8-14-11-15-12(19-4)17-13(16-11)20-10-9-18(6-2)7-3/h5-10H2,1-4H3,(H,14,15,16,17). The van der Waals surface area contributed by atoms with Gasteiger partial charge in [-0.2, -0.15) is 9.97 Å². The molecule has 20 heavy (non-hydrogen) atoms. The van der Waals surface area contributed by atoms with Gasteiger partial charge in [-0.1, -0.05) is 20.8 Å². The molecule has 7 heteroatoms. The van der Waals surface area contributed by atoms with Gasteiger partial charge in [0.1, 0.15) is 6.61 Å². The molecule has 1 heterocycles. The highest BCUT2D eigenvalue weighted by molar-refractivity contribution is 5.27. The lowest BCUT2D eigenvalue weighted by Gasteiger charge is -2.17. The SMILES string of the molecule is CCCNc1nc(OC)nc(OCCN(CC)CC)n1. The van der Waals surface area contributed by atoms with Crippen LogP contribution in [0.1, 0.15) is 27.2 Å². The molecule has 0 bridgehead atoms. The van der Waals surface area contributed by atoms with Crippen LogP contribution in [0.4, 0.5) is 5.95 Å². The highest BCUT2D eigenvalue weighted by Crippen LogP contribution is 2.12. The molecule has 0 saturated heterocycles. The largest absolute Gasteiger partial charge is 0.467 e. The summed E-state index contributed by atoms with van der Waals surface area (Å²) in [5.74, 6) is 0.483. The number of nitrogens with one attached hydrogen (secondary N) is 1. The third-order valence-electron chi connectivity index (χ3n) is 2.84. The fraction of sp³-hybridized carbons (Fsp3) is 0.769. The molecule has 1 rings (SSSR count). The molecule has 0 fully saturated rings. The molecule has 114 valence electrons. The third-order valence-corrected chi connectivity index (χ3v) is 2.84. The Morgan fingerprint density at radius 1 is 1.05 bits per heavy atom. The molecule has 0 aliphatic heterocycles. The molecule has 7 nitrogen and oxygen atoms in total. The van der Waals surface area contributed by atoms with E-state index in [1.54, 1.807) is 0 Å². The van der Waals surface area contributed by atoms with E-state index >= 15 is 0 Å². The zero-order valence-corrected chi connectivity index (χ0v) is 12.8. The second-order valence-electron chi connectivity index (χ2n) is 4.23. The number of hydrogen-bond donors (Lipinski definition) is 1. The summed E-state index contributed by atoms with van der Waals surface area (Å²) < 4.78 is 10.6. The van der Waals surface area contributed by atoms with E-state index in [4.69, 9.17) is 9.47 Å². The lowest BCUT2D eigenvalue weighted by Crippen LogP contribution is -2.28. The molecule has 0 amide bonds.